The summed E-state index contributed by atoms with van der Waals surface area (Å²) in [5.41, 5.74) is 12.6. The summed E-state index contributed by atoms with van der Waals surface area (Å²) < 4.78 is 30.4. The number of hydrogen-bond donors (Lipinski definition) is 1. The molecule has 0 radical (unpaired) electrons. The minimum absolute atomic E-state index is 0.0694. The number of alkyl carbamates (subject to hydrolysis) is 1. The van der Waals surface area contributed by atoms with Gasteiger partial charge in [0.05, 0.1) is 5.75 Å². The number of nitrogens with zero attached hydrogens (tertiary/aromatic N) is 3. The van der Waals surface area contributed by atoms with Crippen molar-refractivity contribution in [2.24, 2.45) is 4.52 Å². The normalized spacial score (nSPS) is 12.6. The third kappa shape index (κ3) is 3.79. The zero-order chi connectivity index (χ0) is 18.6. The zero-order valence-corrected chi connectivity index (χ0v) is 14.5. The number of benzene rings is 2. The van der Waals surface area contributed by atoms with E-state index in [0.717, 1.165) is 22.3 Å². The van der Waals surface area contributed by atoms with Crippen LogP contribution in [0, 0.1) is 0 Å². The Labute approximate surface area is 150 Å². The lowest BCUT2D eigenvalue weighted by molar-refractivity contribution is 0.143. The lowest BCUT2D eigenvalue weighted by Gasteiger charge is -2.14. The van der Waals surface area contributed by atoms with Crippen molar-refractivity contribution in [3.63, 3.8) is 0 Å². The van der Waals surface area contributed by atoms with Gasteiger partial charge in [-0.1, -0.05) is 48.5 Å². The molecule has 2 aromatic carbocycles. The lowest BCUT2D eigenvalue weighted by Crippen LogP contribution is -2.30. The fourth-order valence-corrected chi connectivity index (χ4v) is 3.58. The summed E-state index contributed by atoms with van der Waals surface area (Å²) in [5.74, 6) is -0.554. The number of hydrogen-bond acceptors (Lipinski definition) is 4. The number of rotatable bonds is 6. The van der Waals surface area contributed by atoms with Gasteiger partial charge in [-0.25, -0.2) is 13.2 Å². The molecular weight excluding hydrogens is 356 g/mol. The van der Waals surface area contributed by atoms with E-state index in [1.54, 1.807) is 0 Å². The first-order chi connectivity index (χ1) is 12.5. The molecule has 9 heteroatoms. The Balaban J connectivity index is 1.61. The molecule has 8 nitrogen and oxygen atoms in total. The molecule has 0 fully saturated rings. The first kappa shape index (κ1) is 17.8. The van der Waals surface area contributed by atoms with Crippen LogP contribution in [0.25, 0.3) is 21.6 Å². The van der Waals surface area contributed by atoms with Crippen LogP contribution in [0.1, 0.15) is 17.0 Å². The van der Waals surface area contributed by atoms with Crippen LogP contribution in [0.5, 0.6) is 0 Å². The van der Waals surface area contributed by atoms with E-state index in [1.807, 2.05) is 48.5 Å². The van der Waals surface area contributed by atoms with E-state index in [4.69, 9.17) is 10.3 Å². The standard InChI is InChI=1S/C17H16N4O4S/c18-20-21-26(23,24)10-9-19-17(22)25-11-16-14-7-3-1-5-12(14)13-6-2-4-8-15(13)16/h1-8,16H,9-11H2,(H,19,22). The van der Waals surface area contributed by atoms with Gasteiger partial charge >= 0.3 is 6.09 Å². The molecule has 0 atom stereocenters. The molecule has 1 N–H and O–H groups in total. The van der Waals surface area contributed by atoms with Gasteiger partial charge in [-0.2, -0.15) is 0 Å². The van der Waals surface area contributed by atoms with E-state index in [0.29, 0.717) is 0 Å². The van der Waals surface area contributed by atoms with Crippen molar-refractivity contribution in [3.8, 4) is 11.1 Å². The molecule has 26 heavy (non-hydrogen) atoms. The minimum Gasteiger partial charge on any atom is -0.449 e. The van der Waals surface area contributed by atoms with Gasteiger partial charge in [-0.3, -0.25) is 0 Å². The van der Waals surface area contributed by atoms with Crippen LogP contribution in [0.4, 0.5) is 4.79 Å². The molecule has 134 valence electrons. The quantitative estimate of drug-likeness (QED) is 0.475. The highest BCUT2D eigenvalue weighted by Gasteiger charge is 2.28. The topological polar surface area (TPSA) is 121 Å². The number of sulfonamides is 1. The Morgan fingerprint density at radius 2 is 1.69 bits per heavy atom. The predicted octanol–water partition coefficient (Wildman–Crippen LogP) is 3.17. The van der Waals surface area contributed by atoms with Gasteiger partial charge in [-0.15, -0.1) is 0 Å². The monoisotopic (exact) mass is 372 g/mol. The Bertz CT molecular complexity index is 938. The van der Waals surface area contributed by atoms with Crippen molar-refractivity contribution in [3.05, 3.63) is 70.1 Å². The maximum Gasteiger partial charge on any atom is 0.407 e. The zero-order valence-electron chi connectivity index (χ0n) is 13.7. The van der Waals surface area contributed by atoms with Crippen molar-refractivity contribution in [1.82, 2.24) is 5.32 Å². The van der Waals surface area contributed by atoms with Gasteiger partial charge in [0.25, 0.3) is 0 Å². The molecule has 0 saturated carbocycles. The number of carbonyl (C=O) groups excluding carboxylic acids is 1. The number of amides is 1. The molecule has 2 aromatic rings. The van der Waals surface area contributed by atoms with Crippen LogP contribution in [0.15, 0.2) is 53.1 Å². The Morgan fingerprint density at radius 1 is 1.12 bits per heavy atom. The van der Waals surface area contributed by atoms with E-state index >= 15 is 0 Å². The largest absolute Gasteiger partial charge is 0.449 e. The molecule has 0 heterocycles. The molecule has 0 aliphatic heterocycles. The summed E-state index contributed by atoms with van der Waals surface area (Å²) in [6.07, 6.45) is -0.719. The first-order valence-corrected chi connectivity index (χ1v) is 9.50. The second-order valence-electron chi connectivity index (χ2n) is 5.71. The summed E-state index contributed by atoms with van der Waals surface area (Å²) in [6, 6.07) is 15.9. The molecule has 0 unspecified atom stereocenters. The number of carbonyl (C=O) groups is 1. The van der Waals surface area contributed by atoms with Crippen LogP contribution < -0.4 is 5.32 Å². The van der Waals surface area contributed by atoms with Crippen LogP contribution in [0.2, 0.25) is 0 Å². The number of fused-ring (bicyclic) bond motifs is 3. The average molecular weight is 372 g/mol. The highest BCUT2D eigenvalue weighted by molar-refractivity contribution is 7.90. The number of nitrogens with one attached hydrogen (secondary N) is 1. The molecule has 1 aliphatic carbocycles. The maximum atomic E-state index is 11.8. The van der Waals surface area contributed by atoms with Gasteiger partial charge in [-0.05, 0) is 27.8 Å². The predicted molar refractivity (Wildman–Crippen MR) is 96.0 cm³/mol. The molecule has 0 bridgehead atoms. The smallest absolute Gasteiger partial charge is 0.407 e. The Kier molecular flexibility index (Phi) is 5.11. The van der Waals surface area contributed by atoms with E-state index in [2.05, 4.69) is 14.7 Å². The van der Waals surface area contributed by atoms with Gasteiger partial charge in [0.2, 0.25) is 10.0 Å². The Hall–Kier alpha value is -3.03. The van der Waals surface area contributed by atoms with Crippen LogP contribution >= 0.6 is 0 Å². The molecule has 0 spiro atoms. The number of azide groups is 1. The fraction of sp³-hybridized carbons (Fsp3) is 0.235. The third-order valence-electron chi connectivity index (χ3n) is 4.13. The summed E-state index contributed by atoms with van der Waals surface area (Å²) in [5, 5.41) is 2.35. The van der Waals surface area contributed by atoms with Crippen LogP contribution in [-0.2, 0) is 14.8 Å². The second kappa shape index (κ2) is 7.47. The fourth-order valence-electron chi connectivity index (χ4n) is 3.03. The van der Waals surface area contributed by atoms with E-state index in [9.17, 15) is 13.2 Å². The van der Waals surface area contributed by atoms with Crippen molar-refractivity contribution >= 4 is 16.1 Å². The summed E-state index contributed by atoms with van der Waals surface area (Å²) >= 11 is 0. The summed E-state index contributed by atoms with van der Waals surface area (Å²) in [4.78, 5) is 14.1. The van der Waals surface area contributed by atoms with Crippen molar-refractivity contribution in [2.75, 3.05) is 18.9 Å². The van der Waals surface area contributed by atoms with Crippen molar-refractivity contribution in [1.29, 1.82) is 0 Å². The second-order valence-corrected chi connectivity index (χ2v) is 7.44. The minimum atomic E-state index is -3.90. The van der Waals surface area contributed by atoms with Gasteiger partial charge < -0.3 is 10.1 Å². The summed E-state index contributed by atoms with van der Waals surface area (Å²) in [6.45, 7) is -0.0546. The van der Waals surface area contributed by atoms with Crippen LogP contribution in [0.3, 0.4) is 0 Å². The number of ether oxygens (including phenoxy) is 1. The SMILES string of the molecule is [N-]=[N+]=NS(=O)(=O)CCNC(=O)OCC1c2ccccc2-c2ccccc21. The van der Waals surface area contributed by atoms with E-state index in [1.165, 1.54) is 0 Å². The van der Waals surface area contributed by atoms with Gasteiger partial charge in [0, 0.05) is 21.9 Å². The highest BCUT2D eigenvalue weighted by atomic mass is 32.2. The van der Waals surface area contributed by atoms with Gasteiger partial charge in [0.15, 0.2) is 0 Å². The molecule has 3 rings (SSSR count). The van der Waals surface area contributed by atoms with E-state index < -0.39 is 21.9 Å². The van der Waals surface area contributed by atoms with Gasteiger partial charge in [0.1, 0.15) is 6.61 Å². The van der Waals surface area contributed by atoms with Crippen molar-refractivity contribution < 1.29 is 17.9 Å². The average Bonchev–Trinajstić information content (AvgIpc) is 2.94. The molecule has 0 aromatic heterocycles. The highest BCUT2D eigenvalue weighted by Crippen LogP contribution is 2.44. The van der Waals surface area contributed by atoms with E-state index in [-0.39, 0.29) is 19.1 Å². The molecule has 0 saturated heterocycles. The lowest BCUT2D eigenvalue weighted by atomic mass is 9.98. The molecular formula is C17H16N4O4S. The first-order valence-electron chi connectivity index (χ1n) is 7.90. The molecule has 1 amide bonds. The van der Waals surface area contributed by atoms with Crippen LogP contribution in [-0.4, -0.2) is 33.4 Å². The molecule has 1 aliphatic rings. The Morgan fingerprint density at radius 3 is 2.27 bits per heavy atom. The third-order valence-corrected chi connectivity index (χ3v) is 5.18. The maximum absolute atomic E-state index is 11.8. The summed E-state index contributed by atoms with van der Waals surface area (Å²) in [7, 11) is -3.90. The van der Waals surface area contributed by atoms with Crippen molar-refractivity contribution in [2.45, 2.75) is 5.92 Å².